The topological polar surface area (TPSA) is 61.8 Å². The van der Waals surface area contributed by atoms with Crippen LogP contribution in [0, 0.1) is 0 Å². The maximum atomic E-state index is 11.8. The Labute approximate surface area is 84.3 Å². The first-order valence-corrected chi connectivity index (χ1v) is 6.34. The minimum Gasteiger partial charge on any atom is -0.466 e. The third-order valence-corrected chi connectivity index (χ3v) is 3.23. The number of rotatable bonds is 7. The van der Waals surface area contributed by atoms with Gasteiger partial charge in [-0.05, 0) is 20.8 Å². The second kappa shape index (κ2) is 6.98. The molecule has 6 heteroatoms. The van der Waals surface area contributed by atoms with Crippen LogP contribution >= 0.6 is 7.60 Å². The molecule has 0 saturated heterocycles. The summed E-state index contributed by atoms with van der Waals surface area (Å²) < 4.78 is 26.3. The maximum Gasteiger partial charge on any atom is 0.341 e. The van der Waals surface area contributed by atoms with Gasteiger partial charge in [0.05, 0.1) is 19.8 Å². The summed E-state index contributed by atoms with van der Waals surface area (Å²) in [5.41, 5.74) is 0. The highest BCUT2D eigenvalue weighted by atomic mass is 31.2. The maximum absolute atomic E-state index is 11.8. The van der Waals surface area contributed by atoms with Gasteiger partial charge in [0.15, 0.2) is 0 Å². The summed E-state index contributed by atoms with van der Waals surface area (Å²) in [6.45, 7) is 5.82. The van der Waals surface area contributed by atoms with E-state index in [1.54, 1.807) is 20.8 Å². The van der Waals surface area contributed by atoms with Gasteiger partial charge in [0.25, 0.3) is 0 Å². The summed E-state index contributed by atoms with van der Waals surface area (Å²) >= 11 is 0. The SMILES string of the molecule is CCOC(=O)[13CH2]P(=O)(OCC)OCC. The third kappa shape index (κ3) is 5.37. The number of ether oxygens (including phenoxy) is 1. The van der Waals surface area contributed by atoms with Crippen LogP contribution in [0.2, 0.25) is 0 Å². The molecular formula is C8H17O5P. The molecule has 0 aliphatic carbocycles. The predicted molar refractivity (Wildman–Crippen MR) is 52.4 cm³/mol. The first kappa shape index (κ1) is 13.6. The Balaban J connectivity index is 4.21. The van der Waals surface area contributed by atoms with Crippen LogP contribution in [0.3, 0.4) is 0 Å². The summed E-state index contributed by atoms with van der Waals surface area (Å²) in [7, 11) is -3.28. The van der Waals surface area contributed by atoms with E-state index in [1.165, 1.54) is 0 Å². The molecule has 0 N–H and O–H groups in total. The fraction of sp³-hybridized carbons (Fsp3) is 0.875. The Morgan fingerprint density at radius 3 is 1.93 bits per heavy atom. The Kier molecular flexibility index (Phi) is 6.79. The van der Waals surface area contributed by atoms with Crippen LogP contribution in [0.1, 0.15) is 20.8 Å². The highest BCUT2D eigenvalue weighted by Gasteiger charge is 2.28. The smallest absolute Gasteiger partial charge is 0.341 e. The van der Waals surface area contributed by atoms with Gasteiger partial charge >= 0.3 is 13.6 Å². The van der Waals surface area contributed by atoms with E-state index in [0.717, 1.165) is 0 Å². The van der Waals surface area contributed by atoms with Crippen molar-refractivity contribution in [1.29, 1.82) is 0 Å². The van der Waals surface area contributed by atoms with Gasteiger partial charge in [-0.1, -0.05) is 0 Å². The van der Waals surface area contributed by atoms with Crippen LogP contribution in [-0.2, 0) is 23.1 Å². The van der Waals surface area contributed by atoms with E-state index in [1.807, 2.05) is 0 Å². The molecule has 0 fully saturated rings. The van der Waals surface area contributed by atoms with E-state index in [2.05, 4.69) is 4.74 Å². The van der Waals surface area contributed by atoms with E-state index in [4.69, 9.17) is 9.05 Å². The summed E-state index contributed by atoms with van der Waals surface area (Å²) in [5.74, 6) is -0.558. The lowest BCUT2D eigenvalue weighted by Gasteiger charge is -2.15. The van der Waals surface area contributed by atoms with Crippen molar-refractivity contribution >= 4 is 13.6 Å². The molecule has 0 rings (SSSR count). The summed E-state index contributed by atoms with van der Waals surface area (Å²) in [6.07, 6.45) is -0.317. The van der Waals surface area contributed by atoms with Gasteiger partial charge in [0.1, 0.15) is 6.16 Å². The number of carbonyl (C=O) groups excluding carboxylic acids is 1. The Morgan fingerprint density at radius 1 is 1.07 bits per heavy atom. The lowest BCUT2D eigenvalue weighted by Crippen LogP contribution is -2.12. The van der Waals surface area contributed by atoms with Gasteiger partial charge in [-0.2, -0.15) is 0 Å². The largest absolute Gasteiger partial charge is 0.466 e. The lowest BCUT2D eigenvalue weighted by molar-refractivity contribution is -0.140. The predicted octanol–water partition coefficient (Wildman–Crippen LogP) is 1.82. The monoisotopic (exact) mass is 225 g/mol. The van der Waals surface area contributed by atoms with Crippen molar-refractivity contribution in [3.05, 3.63) is 0 Å². The van der Waals surface area contributed by atoms with Crippen LogP contribution in [0.15, 0.2) is 0 Å². The minimum atomic E-state index is -3.28. The molecule has 0 aliphatic heterocycles. The van der Waals surface area contributed by atoms with Gasteiger partial charge in [-0.15, -0.1) is 0 Å². The van der Waals surface area contributed by atoms with Crippen molar-refractivity contribution in [2.24, 2.45) is 0 Å². The Hall–Kier alpha value is -0.380. The van der Waals surface area contributed by atoms with Crippen LogP contribution in [0.5, 0.6) is 0 Å². The highest BCUT2D eigenvalue weighted by molar-refractivity contribution is 7.54. The normalized spacial score (nSPS) is 11.4. The quantitative estimate of drug-likeness (QED) is 0.375. The van der Waals surface area contributed by atoms with Gasteiger partial charge in [0.2, 0.25) is 0 Å². The minimum absolute atomic E-state index is 0.247. The molecule has 0 saturated carbocycles. The lowest BCUT2D eigenvalue weighted by atomic mass is 10.9. The van der Waals surface area contributed by atoms with Crippen molar-refractivity contribution in [1.82, 2.24) is 0 Å². The number of esters is 1. The van der Waals surface area contributed by atoms with Gasteiger partial charge < -0.3 is 13.8 Å². The molecule has 0 aliphatic rings. The molecule has 0 bridgehead atoms. The van der Waals surface area contributed by atoms with Crippen molar-refractivity contribution in [2.45, 2.75) is 20.8 Å². The second-order valence-electron chi connectivity index (χ2n) is 2.41. The van der Waals surface area contributed by atoms with Crippen LogP contribution < -0.4 is 0 Å². The van der Waals surface area contributed by atoms with Gasteiger partial charge in [0, 0.05) is 0 Å². The van der Waals surface area contributed by atoms with E-state index < -0.39 is 13.6 Å². The molecule has 14 heavy (non-hydrogen) atoms. The number of hydrogen-bond acceptors (Lipinski definition) is 5. The average Bonchev–Trinajstić information content (AvgIpc) is 2.04. The van der Waals surface area contributed by atoms with Crippen molar-refractivity contribution < 1.29 is 23.1 Å². The standard InChI is InChI=1S/C8H17O5P/c1-4-11-8(9)7-14(10,12-5-2)13-6-3/h4-7H2,1-3H3/i7+1. The number of hydrogen-bond donors (Lipinski definition) is 0. The fourth-order valence-electron chi connectivity index (χ4n) is 0.887. The molecular weight excluding hydrogens is 208 g/mol. The second-order valence-corrected chi connectivity index (χ2v) is 4.46. The molecule has 0 aromatic heterocycles. The molecule has 0 atom stereocenters. The van der Waals surface area contributed by atoms with Crippen molar-refractivity contribution in [3.63, 3.8) is 0 Å². The van der Waals surface area contributed by atoms with E-state index in [9.17, 15) is 9.36 Å². The molecule has 0 radical (unpaired) electrons. The first-order chi connectivity index (χ1) is 6.58. The van der Waals surface area contributed by atoms with Crippen molar-refractivity contribution in [3.8, 4) is 0 Å². The van der Waals surface area contributed by atoms with Crippen molar-refractivity contribution in [2.75, 3.05) is 26.0 Å². The Morgan fingerprint density at radius 2 is 1.57 bits per heavy atom. The summed E-state index contributed by atoms with van der Waals surface area (Å²) in [6, 6.07) is 0. The number of carbonyl (C=O) groups is 1. The molecule has 84 valence electrons. The van der Waals surface area contributed by atoms with Crippen LogP contribution in [0.25, 0.3) is 0 Å². The third-order valence-electron chi connectivity index (χ3n) is 1.28. The molecule has 5 nitrogen and oxygen atoms in total. The molecule has 0 aromatic carbocycles. The zero-order valence-corrected chi connectivity index (χ0v) is 9.71. The highest BCUT2D eigenvalue weighted by Crippen LogP contribution is 2.47. The molecule has 0 unspecified atom stereocenters. The van der Waals surface area contributed by atoms with E-state index >= 15 is 0 Å². The molecule has 0 amide bonds. The van der Waals surface area contributed by atoms with Crippen LogP contribution in [-0.4, -0.2) is 32.0 Å². The molecule has 0 aromatic rings. The first-order valence-electron chi connectivity index (χ1n) is 4.61. The van der Waals surface area contributed by atoms with E-state index in [-0.39, 0.29) is 26.0 Å². The molecule has 0 heterocycles. The van der Waals surface area contributed by atoms with Gasteiger partial charge in [-0.3, -0.25) is 9.36 Å². The van der Waals surface area contributed by atoms with Gasteiger partial charge in [-0.25, -0.2) is 0 Å². The zero-order valence-electron chi connectivity index (χ0n) is 8.82. The Bertz CT molecular complexity index is 206. The van der Waals surface area contributed by atoms with Crippen LogP contribution in [0.4, 0.5) is 0 Å². The van der Waals surface area contributed by atoms with E-state index in [0.29, 0.717) is 0 Å². The molecule has 0 spiro atoms. The summed E-state index contributed by atoms with van der Waals surface area (Å²) in [5, 5.41) is 0. The fourth-order valence-corrected chi connectivity index (χ4v) is 2.34. The zero-order chi connectivity index (χ0) is 11.0. The average molecular weight is 225 g/mol. The summed E-state index contributed by atoms with van der Waals surface area (Å²) in [4.78, 5) is 11.1.